The van der Waals surface area contributed by atoms with Gasteiger partial charge in [0.15, 0.2) is 15.5 Å². The van der Waals surface area contributed by atoms with Crippen molar-refractivity contribution in [2.45, 2.75) is 17.7 Å². The highest BCUT2D eigenvalue weighted by molar-refractivity contribution is 7.90. The summed E-state index contributed by atoms with van der Waals surface area (Å²) in [5.74, 6) is -1.09. The Bertz CT molecular complexity index is 1700. The van der Waals surface area contributed by atoms with E-state index in [1.165, 1.54) is 18.2 Å². The maximum Gasteiger partial charge on any atom is 0.269 e. The Morgan fingerprint density at radius 1 is 1.00 bits per heavy atom. The van der Waals surface area contributed by atoms with Crippen LogP contribution in [0.3, 0.4) is 0 Å². The molecule has 0 spiro atoms. The molecule has 0 saturated heterocycles. The molecule has 5 rings (SSSR count). The third kappa shape index (κ3) is 4.73. The van der Waals surface area contributed by atoms with E-state index in [0.29, 0.717) is 40.5 Å². The number of sulfone groups is 1. The number of nitrogens with one attached hydrogen (secondary N) is 1. The quantitative estimate of drug-likeness (QED) is 0.370. The van der Waals surface area contributed by atoms with Gasteiger partial charge in [-0.3, -0.25) is 9.59 Å². The Kier molecular flexibility index (Phi) is 6.31. The molecule has 11 heteroatoms. The highest BCUT2D eigenvalue weighted by Gasteiger charge is 2.28. The van der Waals surface area contributed by atoms with Crippen LogP contribution in [0.2, 0.25) is 10.0 Å². The zero-order valence-electron chi connectivity index (χ0n) is 19.5. The van der Waals surface area contributed by atoms with Crippen molar-refractivity contribution in [3.8, 4) is 16.9 Å². The van der Waals surface area contributed by atoms with Crippen LogP contribution in [0.1, 0.15) is 32.0 Å². The number of rotatable bonds is 5. The van der Waals surface area contributed by atoms with E-state index in [4.69, 9.17) is 28.9 Å². The van der Waals surface area contributed by atoms with Crippen LogP contribution in [0, 0.1) is 0 Å². The average molecular weight is 555 g/mol. The maximum atomic E-state index is 12.9. The molecule has 0 saturated carbocycles. The van der Waals surface area contributed by atoms with E-state index in [1.807, 2.05) is 6.07 Å². The molecule has 0 unspecified atom stereocenters. The zero-order valence-corrected chi connectivity index (χ0v) is 21.8. The Labute approximate surface area is 222 Å². The van der Waals surface area contributed by atoms with Crippen LogP contribution >= 0.6 is 23.2 Å². The lowest BCUT2D eigenvalue weighted by Gasteiger charge is -2.20. The van der Waals surface area contributed by atoms with Crippen molar-refractivity contribution in [3.05, 3.63) is 93.1 Å². The minimum Gasteiger partial charge on any atom is -0.364 e. The molecule has 1 aromatic heterocycles. The van der Waals surface area contributed by atoms with Crippen molar-refractivity contribution in [1.29, 1.82) is 0 Å². The highest BCUT2D eigenvalue weighted by atomic mass is 35.5. The molecule has 0 radical (unpaired) electrons. The van der Waals surface area contributed by atoms with Gasteiger partial charge < -0.3 is 11.1 Å². The van der Waals surface area contributed by atoms with Crippen molar-refractivity contribution < 1.29 is 18.0 Å². The van der Waals surface area contributed by atoms with E-state index in [9.17, 15) is 18.0 Å². The second kappa shape index (κ2) is 9.33. The van der Waals surface area contributed by atoms with Gasteiger partial charge in [-0.15, -0.1) is 0 Å². The fourth-order valence-corrected chi connectivity index (χ4v) is 5.41. The van der Waals surface area contributed by atoms with Gasteiger partial charge in [0.25, 0.3) is 11.8 Å². The molecular weight excluding hydrogens is 535 g/mol. The molecule has 188 valence electrons. The van der Waals surface area contributed by atoms with Crippen molar-refractivity contribution in [2.24, 2.45) is 5.73 Å². The van der Waals surface area contributed by atoms with Gasteiger partial charge in [0.2, 0.25) is 0 Å². The Morgan fingerprint density at radius 3 is 2.41 bits per heavy atom. The van der Waals surface area contributed by atoms with Crippen LogP contribution in [0.4, 0.5) is 5.69 Å². The molecular formula is C26H20Cl2N4O4S. The molecule has 1 heterocycles. The first-order valence-electron chi connectivity index (χ1n) is 11.1. The highest BCUT2D eigenvalue weighted by Crippen LogP contribution is 2.38. The molecule has 4 aromatic rings. The number of aromatic nitrogens is 2. The molecule has 37 heavy (non-hydrogen) atoms. The number of primary amides is 1. The molecule has 3 N–H and O–H groups in total. The number of benzene rings is 3. The summed E-state index contributed by atoms with van der Waals surface area (Å²) in [5, 5.41) is 7.99. The number of carbonyl (C=O) groups excluding carboxylic acids is 2. The van der Waals surface area contributed by atoms with Gasteiger partial charge in [-0.1, -0.05) is 29.3 Å². The van der Waals surface area contributed by atoms with Crippen LogP contribution < -0.4 is 11.1 Å². The third-order valence-corrected chi connectivity index (χ3v) is 7.86. The van der Waals surface area contributed by atoms with Gasteiger partial charge in [0.1, 0.15) is 0 Å². The molecule has 2 amide bonds. The first-order chi connectivity index (χ1) is 17.5. The summed E-state index contributed by atoms with van der Waals surface area (Å²) in [6.07, 6.45) is 2.33. The van der Waals surface area contributed by atoms with E-state index in [-0.39, 0.29) is 21.2 Å². The first kappa shape index (κ1) is 25.0. The largest absolute Gasteiger partial charge is 0.364 e. The fraction of sp³-hybridized carbons (Fsp3) is 0.115. The number of carbonyl (C=O) groups is 2. The number of nitrogens with two attached hydrogens (primary N) is 1. The lowest BCUT2D eigenvalue weighted by Crippen LogP contribution is -2.15. The Balaban J connectivity index is 1.60. The van der Waals surface area contributed by atoms with E-state index in [2.05, 4.69) is 10.4 Å². The monoisotopic (exact) mass is 554 g/mol. The number of amides is 2. The van der Waals surface area contributed by atoms with Crippen LogP contribution in [0.25, 0.3) is 16.9 Å². The normalized spacial score (nSPS) is 12.5. The fourth-order valence-electron chi connectivity index (χ4n) is 4.41. The minimum atomic E-state index is -3.38. The van der Waals surface area contributed by atoms with Crippen molar-refractivity contribution in [1.82, 2.24) is 9.78 Å². The molecule has 0 fully saturated rings. The van der Waals surface area contributed by atoms with Gasteiger partial charge in [0, 0.05) is 28.1 Å². The summed E-state index contributed by atoms with van der Waals surface area (Å²) in [5.41, 5.74) is 10.2. The summed E-state index contributed by atoms with van der Waals surface area (Å²) < 4.78 is 25.4. The summed E-state index contributed by atoms with van der Waals surface area (Å²) in [6, 6.07) is 16.3. The Morgan fingerprint density at radius 2 is 1.73 bits per heavy atom. The summed E-state index contributed by atoms with van der Waals surface area (Å²) in [4.78, 5) is 25.3. The number of hydrogen-bond donors (Lipinski definition) is 2. The molecule has 3 aromatic carbocycles. The zero-order chi connectivity index (χ0) is 26.5. The SMILES string of the molecule is CS(=O)(=O)c1ccc(-n2nc(C(N)=O)c3c2-c2cc(NC(=O)c4cc(Cl)ccc4Cl)ccc2CC3)cc1. The topological polar surface area (TPSA) is 124 Å². The minimum absolute atomic E-state index is 0.146. The van der Waals surface area contributed by atoms with Crippen LogP contribution in [-0.2, 0) is 22.7 Å². The van der Waals surface area contributed by atoms with Crippen LogP contribution in [0.5, 0.6) is 0 Å². The summed E-state index contributed by atoms with van der Waals surface area (Å²) >= 11 is 12.2. The molecule has 0 atom stereocenters. The summed E-state index contributed by atoms with van der Waals surface area (Å²) in [6.45, 7) is 0. The lowest BCUT2D eigenvalue weighted by molar-refractivity contribution is 0.0992. The lowest BCUT2D eigenvalue weighted by atomic mass is 9.88. The van der Waals surface area contributed by atoms with Crippen LogP contribution in [-0.4, -0.2) is 36.3 Å². The number of halogens is 2. The average Bonchev–Trinajstić information content (AvgIpc) is 3.25. The third-order valence-electron chi connectivity index (χ3n) is 6.17. The van der Waals surface area contributed by atoms with Gasteiger partial charge >= 0.3 is 0 Å². The van der Waals surface area contributed by atoms with Gasteiger partial charge in [-0.25, -0.2) is 13.1 Å². The second-order valence-corrected chi connectivity index (χ2v) is 11.5. The maximum absolute atomic E-state index is 12.9. The van der Waals surface area contributed by atoms with Gasteiger partial charge in [0.05, 0.1) is 26.9 Å². The number of anilines is 1. The van der Waals surface area contributed by atoms with Crippen molar-refractivity contribution >= 4 is 50.5 Å². The van der Waals surface area contributed by atoms with E-state index < -0.39 is 21.7 Å². The van der Waals surface area contributed by atoms with Crippen molar-refractivity contribution in [2.75, 3.05) is 11.6 Å². The molecule has 0 aliphatic heterocycles. The number of fused-ring (bicyclic) bond motifs is 3. The van der Waals surface area contributed by atoms with Gasteiger partial charge in [-0.2, -0.15) is 5.10 Å². The van der Waals surface area contributed by atoms with Crippen molar-refractivity contribution in [3.63, 3.8) is 0 Å². The predicted molar refractivity (Wildman–Crippen MR) is 142 cm³/mol. The van der Waals surface area contributed by atoms with E-state index in [1.54, 1.807) is 41.1 Å². The smallest absolute Gasteiger partial charge is 0.269 e. The van der Waals surface area contributed by atoms with E-state index in [0.717, 1.165) is 17.4 Å². The molecule has 8 nitrogen and oxygen atoms in total. The number of nitrogens with zero attached hydrogens (tertiary/aromatic N) is 2. The first-order valence-corrected chi connectivity index (χ1v) is 13.8. The number of hydrogen-bond acceptors (Lipinski definition) is 5. The molecule has 0 bridgehead atoms. The van der Waals surface area contributed by atoms with Gasteiger partial charge in [-0.05, 0) is 73.0 Å². The summed E-state index contributed by atoms with van der Waals surface area (Å²) in [7, 11) is -3.38. The van der Waals surface area contributed by atoms with E-state index >= 15 is 0 Å². The predicted octanol–water partition coefficient (Wildman–Crippen LogP) is 4.70. The molecule has 1 aliphatic rings. The second-order valence-electron chi connectivity index (χ2n) is 8.67. The number of aryl methyl sites for hydroxylation is 1. The standard InChI is InChI=1S/C26H20Cl2N4O4S/c1-37(35,36)18-8-6-17(7-9-18)32-24-19(23(31-32)25(29)33)10-3-14-2-5-16(13-20(14)24)30-26(34)21-12-15(27)4-11-22(21)28/h2,4-9,11-13H,3,10H2,1H3,(H2,29,33)(H,30,34). The van der Waals surface area contributed by atoms with Crippen LogP contribution in [0.15, 0.2) is 65.6 Å². The Hall–Kier alpha value is -3.66. The molecule has 1 aliphatic carbocycles.